The van der Waals surface area contributed by atoms with E-state index in [4.69, 9.17) is 33.2 Å². The van der Waals surface area contributed by atoms with Crippen LogP contribution in [-0.4, -0.2) is 67.3 Å². The molecule has 48 heavy (non-hydrogen) atoms. The number of ether oxygens (including phenoxy) is 7. The summed E-state index contributed by atoms with van der Waals surface area (Å²) in [5.74, 6) is 0. The maximum atomic E-state index is 11.2. The Labute approximate surface area is 283 Å². The van der Waals surface area contributed by atoms with E-state index in [-0.39, 0.29) is 6.61 Å². The summed E-state index contributed by atoms with van der Waals surface area (Å²) in [5, 5.41) is 11.2. The third-order valence-electron chi connectivity index (χ3n) is 8.76. The van der Waals surface area contributed by atoms with Crippen molar-refractivity contribution in [3.63, 3.8) is 0 Å². The smallest absolute Gasteiger partial charge is 0.187 e. The van der Waals surface area contributed by atoms with Gasteiger partial charge in [0.2, 0.25) is 0 Å². The van der Waals surface area contributed by atoms with Gasteiger partial charge in [-0.25, -0.2) is 0 Å². The molecule has 0 spiro atoms. The van der Waals surface area contributed by atoms with E-state index in [1.165, 1.54) is 0 Å². The molecule has 8 nitrogen and oxygen atoms in total. The summed E-state index contributed by atoms with van der Waals surface area (Å²) in [5.41, 5.74) is 4.15. The normalized spacial score (nSPS) is 27.5. The fourth-order valence-corrected chi connectivity index (χ4v) is 6.17. The first-order chi connectivity index (χ1) is 23.6. The maximum Gasteiger partial charge on any atom is 0.187 e. The molecule has 0 unspecified atom stereocenters. The lowest BCUT2D eigenvalue weighted by atomic mass is 9.97. The van der Waals surface area contributed by atoms with Crippen LogP contribution in [0.2, 0.25) is 0 Å². The lowest BCUT2D eigenvalue weighted by Gasteiger charge is -2.47. The summed E-state index contributed by atoms with van der Waals surface area (Å²) in [6.45, 7) is 4.11. The molecule has 0 saturated carbocycles. The Balaban J connectivity index is 1.23. The molecule has 0 aliphatic carbocycles. The van der Waals surface area contributed by atoms with Crippen molar-refractivity contribution in [3.8, 4) is 0 Å². The van der Waals surface area contributed by atoms with Crippen molar-refractivity contribution in [3.05, 3.63) is 144 Å². The molecule has 0 aromatic heterocycles. The average Bonchev–Trinajstić information content (AvgIpc) is 3.13. The second-order valence-electron chi connectivity index (χ2n) is 12.4. The average molecular weight is 655 g/mol. The highest BCUT2D eigenvalue weighted by atomic mass is 16.7. The van der Waals surface area contributed by atoms with Crippen LogP contribution >= 0.6 is 0 Å². The second-order valence-corrected chi connectivity index (χ2v) is 12.4. The van der Waals surface area contributed by atoms with Gasteiger partial charge >= 0.3 is 0 Å². The van der Waals surface area contributed by atoms with Gasteiger partial charge in [0.25, 0.3) is 0 Å². The van der Waals surface area contributed by atoms with E-state index >= 15 is 0 Å². The largest absolute Gasteiger partial charge is 0.390 e. The zero-order valence-electron chi connectivity index (χ0n) is 27.4. The third kappa shape index (κ3) is 9.59. The van der Waals surface area contributed by atoms with Crippen LogP contribution in [0.25, 0.3) is 0 Å². The second kappa shape index (κ2) is 17.8. The van der Waals surface area contributed by atoms with Crippen LogP contribution in [-0.2, 0) is 59.6 Å². The highest BCUT2D eigenvalue weighted by molar-refractivity contribution is 5.16. The quantitative estimate of drug-likeness (QED) is 0.161. The number of hydrogen-bond donors (Lipinski definition) is 1. The molecule has 254 valence electrons. The fourth-order valence-electron chi connectivity index (χ4n) is 6.17. The van der Waals surface area contributed by atoms with Crippen molar-refractivity contribution in [2.24, 2.45) is 0 Å². The summed E-state index contributed by atoms with van der Waals surface area (Å²) >= 11 is 0. The van der Waals surface area contributed by atoms with E-state index < -0.39 is 49.0 Å². The molecule has 2 aliphatic heterocycles. The Hall–Kier alpha value is -3.44. The predicted octanol–water partition coefficient (Wildman–Crippen LogP) is 6.24. The van der Waals surface area contributed by atoms with Crippen molar-refractivity contribution in [1.29, 1.82) is 0 Å². The lowest BCUT2D eigenvalue weighted by Crippen LogP contribution is -2.62. The molecule has 4 aromatic carbocycles. The minimum atomic E-state index is -0.876. The molecule has 0 bridgehead atoms. The topological polar surface area (TPSA) is 84.8 Å². The van der Waals surface area contributed by atoms with Gasteiger partial charge in [-0.1, -0.05) is 121 Å². The molecular weight excluding hydrogens is 608 g/mol. The Morgan fingerprint density at radius 2 is 1.04 bits per heavy atom. The van der Waals surface area contributed by atoms with Gasteiger partial charge in [-0.05, 0) is 35.6 Å². The number of rotatable bonds is 15. The SMILES string of the molecule is C[C@@H]1O[C@@H](O[C@H]2[C@H](O)CCO[C@@H]2COCc2ccccc2)[C@@H](OCc2ccccc2)[C@H](OCc2ccccc2)[C@@H]1OCc1ccccc1. The summed E-state index contributed by atoms with van der Waals surface area (Å²) in [6.07, 6.45) is -4.53. The van der Waals surface area contributed by atoms with Gasteiger partial charge in [-0.3, -0.25) is 0 Å². The van der Waals surface area contributed by atoms with Gasteiger partial charge in [0.15, 0.2) is 6.29 Å². The molecule has 2 heterocycles. The molecule has 8 heteroatoms. The minimum Gasteiger partial charge on any atom is -0.390 e. The fraction of sp³-hybridized carbons (Fsp3) is 0.400. The van der Waals surface area contributed by atoms with Crippen molar-refractivity contribution in [1.82, 2.24) is 0 Å². The highest BCUT2D eigenvalue weighted by Crippen LogP contribution is 2.33. The van der Waals surface area contributed by atoms with Crippen LogP contribution in [0.3, 0.4) is 0 Å². The van der Waals surface area contributed by atoms with Crippen molar-refractivity contribution in [2.75, 3.05) is 13.2 Å². The Morgan fingerprint density at radius 1 is 0.583 bits per heavy atom. The number of aliphatic hydroxyl groups excluding tert-OH is 1. The van der Waals surface area contributed by atoms with Crippen LogP contribution in [0.1, 0.15) is 35.6 Å². The van der Waals surface area contributed by atoms with Crippen LogP contribution in [0.15, 0.2) is 121 Å². The molecule has 6 rings (SSSR count). The zero-order valence-corrected chi connectivity index (χ0v) is 27.4. The third-order valence-corrected chi connectivity index (χ3v) is 8.76. The van der Waals surface area contributed by atoms with Gasteiger partial charge in [-0.2, -0.15) is 0 Å². The van der Waals surface area contributed by atoms with E-state index in [1.807, 2.05) is 128 Å². The zero-order chi connectivity index (χ0) is 33.0. The first-order valence-electron chi connectivity index (χ1n) is 16.8. The summed E-state index contributed by atoms with van der Waals surface area (Å²) in [7, 11) is 0. The van der Waals surface area contributed by atoms with Gasteiger partial charge in [0, 0.05) is 6.61 Å². The molecular formula is C40H46O8. The summed E-state index contributed by atoms with van der Waals surface area (Å²) < 4.78 is 45.3. The lowest BCUT2D eigenvalue weighted by molar-refractivity contribution is -0.344. The molecule has 0 radical (unpaired) electrons. The molecule has 2 aliphatic rings. The van der Waals surface area contributed by atoms with E-state index in [9.17, 15) is 5.11 Å². The highest BCUT2D eigenvalue weighted by Gasteiger charge is 2.49. The number of aliphatic hydroxyl groups is 1. The monoisotopic (exact) mass is 654 g/mol. The summed E-state index contributed by atoms with van der Waals surface area (Å²) in [6, 6.07) is 40.0. The van der Waals surface area contributed by atoms with Crippen LogP contribution in [0, 0.1) is 0 Å². The van der Waals surface area contributed by atoms with Crippen LogP contribution in [0.4, 0.5) is 0 Å². The maximum absolute atomic E-state index is 11.2. The summed E-state index contributed by atoms with van der Waals surface area (Å²) in [4.78, 5) is 0. The first-order valence-corrected chi connectivity index (χ1v) is 16.8. The van der Waals surface area contributed by atoms with Crippen molar-refractivity contribution in [2.45, 2.75) is 88.8 Å². The van der Waals surface area contributed by atoms with Gasteiger partial charge in [0.05, 0.1) is 45.2 Å². The van der Waals surface area contributed by atoms with Crippen LogP contribution < -0.4 is 0 Å². The molecule has 0 amide bonds. The minimum absolute atomic E-state index is 0.255. The molecule has 4 aromatic rings. The molecule has 2 saturated heterocycles. The van der Waals surface area contributed by atoms with Crippen molar-refractivity contribution < 1.29 is 38.3 Å². The van der Waals surface area contributed by atoms with E-state index in [0.29, 0.717) is 39.5 Å². The van der Waals surface area contributed by atoms with E-state index in [2.05, 4.69) is 0 Å². The Bertz CT molecular complexity index is 1460. The molecule has 1 N–H and O–H groups in total. The van der Waals surface area contributed by atoms with Gasteiger partial charge in [-0.15, -0.1) is 0 Å². The number of benzene rings is 4. The van der Waals surface area contributed by atoms with E-state index in [1.54, 1.807) is 0 Å². The predicted molar refractivity (Wildman–Crippen MR) is 181 cm³/mol. The van der Waals surface area contributed by atoms with Crippen LogP contribution in [0.5, 0.6) is 0 Å². The Kier molecular flexibility index (Phi) is 12.8. The first kappa shape index (κ1) is 34.4. The van der Waals surface area contributed by atoms with Gasteiger partial charge < -0.3 is 38.3 Å². The molecule has 8 atom stereocenters. The molecule has 2 fully saturated rings. The standard InChI is InChI=1S/C40H46O8/c1-29-36(44-25-31-16-8-3-9-17-31)38(45-26-32-18-10-4-11-19-32)39(46-27-33-20-12-5-13-21-33)40(47-29)48-37-34(41)22-23-43-35(37)28-42-24-30-14-6-2-7-15-30/h2-21,29,34-41H,22-28H2,1H3/t29-,34+,35+,36+,37-,38+,39-,40-/m0/s1. The number of hydrogen-bond acceptors (Lipinski definition) is 8. The van der Waals surface area contributed by atoms with Crippen molar-refractivity contribution >= 4 is 0 Å². The van der Waals surface area contributed by atoms with E-state index in [0.717, 1.165) is 22.3 Å². The Morgan fingerprint density at radius 3 is 1.56 bits per heavy atom. The van der Waals surface area contributed by atoms with Gasteiger partial charge in [0.1, 0.15) is 30.5 Å².